The van der Waals surface area contributed by atoms with Crippen LogP contribution in [0.25, 0.3) is 0 Å². The molecular formula is C29H49NO11. The number of hydrogen-bond acceptors (Lipinski definition) is 11. The monoisotopic (exact) mass is 587 g/mol. The number of rotatable bonds is 26. The smallest absolute Gasteiger partial charge is 0.308 e. The van der Waals surface area contributed by atoms with Crippen molar-refractivity contribution in [3.8, 4) is 5.75 Å². The van der Waals surface area contributed by atoms with Crippen molar-refractivity contribution < 1.29 is 52.2 Å². The van der Waals surface area contributed by atoms with Gasteiger partial charge in [0.05, 0.1) is 98.9 Å². The normalized spacial score (nSPS) is 11.4. The van der Waals surface area contributed by atoms with Crippen molar-refractivity contribution in [1.29, 1.82) is 0 Å². The molecule has 0 fully saturated rings. The zero-order chi connectivity index (χ0) is 30.0. The molecule has 1 rings (SSSR count). The molecule has 1 amide bonds. The average Bonchev–Trinajstić information content (AvgIpc) is 2.90. The molecule has 0 aromatic heterocycles. The van der Waals surface area contributed by atoms with Crippen LogP contribution in [0.3, 0.4) is 0 Å². The van der Waals surface area contributed by atoms with E-state index in [1.807, 2.05) is 20.8 Å². The zero-order valence-electron chi connectivity index (χ0n) is 25.1. The second-order valence-electron chi connectivity index (χ2n) is 9.68. The predicted octanol–water partition coefficient (Wildman–Crippen LogP) is 2.87. The Labute approximate surface area is 244 Å². The minimum absolute atomic E-state index is 0.110. The van der Waals surface area contributed by atoms with Crippen molar-refractivity contribution >= 4 is 17.6 Å². The summed E-state index contributed by atoms with van der Waals surface area (Å²) in [6, 6.07) is 7.16. The molecule has 1 aromatic rings. The van der Waals surface area contributed by atoms with Crippen LogP contribution in [-0.2, 0) is 47.5 Å². The first-order valence-electron chi connectivity index (χ1n) is 14.0. The molecule has 0 saturated heterocycles. The maximum Gasteiger partial charge on any atom is 0.308 e. The molecule has 0 saturated carbocycles. The van der Waals surface area contributed by atoms with Gasteiger partial charge < -0.3 is 47.9 Å². The third-order valence-corrected chi connectivity index (χ3v) is 4.77. The Morgan fingerprint density at radius 2 is 0.951 bits per heavy atom. The summed E-state index contributed by atoms with van der Waals surface area (Å²) in [7, 11) is 0. The van der Waals surface area contributed by atoms with Crippen molar-refractivity contribution in [2.45, 2.75) is 39.7 Å². The van der Waals surface area contributed by atoms with E-state index in [9.17, 15) is 9.59 Å². The molecule has 0 heterocycles. The van der Waals surface area contributed by atoms with Crippen LogP contribution in [0.15, 0.2) is 24.3 Å². The SMILES string of the molecule is CC(=O)Nc1ccc(OCCOCCOCCOCCOCCOCCOCCOCCC(=O)OC(C)(C)C)cc1. The quantitative estimate of drug-likeness (QED) is 0.127. The number of esters is 1. The van der Waals surface area contributed by atoms with Gasteiger partial charge in [-0.25, -0.2) is 0 Å². The van der Waals surface area contributed by atoms with Crippen LogP contribution >= 0.6 is 0 Å². The largest absolute Gasteiger partial charge is 0.491 e. The van der Waals surface area contributed by atoms with Crippen molar-refractivity contribution in [2.24, 2.45) is 0 Å². The molecule has 41 heavy (non-hydrogen) atoms. The van der Waals surface area contributed by atoms with Gasteiger partial charge in [0.2, 0.25) is 5.91 Å². The predicted molar refractivity (Wildman–Crippen MR) is 152 cm³/mol. The average molecular weight is 588 g/mol. The Morgan fingerprint density at radius 1 is 0.585 bits per heavy atom. The number of nitrogens with one attached hydrogen (secondary N) is 1. The Kier molecular flexibility index (Phi) is 21.8. The summed E-state index contributed by atoms with van der Waals surface area (Å²) in [4.78, 5) is 22.6. The summed E-state index contributed by atoms with van der Waals surface area (Å²) in [6.07, 6.45) is 0.230. The lowest BCUT2D eigenvalue weighted by Gasteiger charge is -2.19. The molecule has 0 spiro atoms. The second-order valence-corrected chi connectivity index (χ2v) is 9.68. The Hall–Kier alpha value is -2.32. The fourth-order valence-electron chi connectivity index (χ4n) is 3.03. The Morgan fingerprint density at radius 3 is 1.32 bits per heavy atom. The zero-order valence-corrected chi connectivity index (χ0v) is 25.1. The van der Waals surface area contributed by atoms with E-state index in [1.165, 1.54) is 6.92 Å². The number of carbonyl (C=O) groups excluding carboxylic acids is 2. The van der Waals surface area contributed by atoms with E-state index >= 15 is 0 Å². The number of ether oxygens (including phenoxy) is 9. The van der Waals surface area contributed by atoms with Crippen LogP contribution in [0.2, 0.25) is 0 Å². The molecule has 236 valence electrons. The lowest BCUT2D eigenvalue weighted by atomic mass is 10.2. The highest BCUT2D eigenvalue weighted by Crippen LogP contribution is 2.15. The Bertz CT molecular complexity index is 784. The maximum absolute atomic E-state index is 11.5. The van der Waals surface area contributed by atoms with E-state index in [2.05, 4.69) is 5.32 Å². The summed E-state index contributed by atoms with van der Waals surface area (Å²) >= 11 is 0. The van der Waals surface area contributed by atoms with Crippen LogP contribution < -0.4 is 10.1 Å². The fraction of sp³-hybridized carbons (Fsp3) is 0.724. The Balaban J connectivity index is 1.72. The van der Waals surface area contributed by atoms with Crippen LogP contribution in [0, 0.1) is 0 Å². The highest BCUT2D eigenvalue weighted by atomic mass is 16.6. The van der Waals surface area contributed by atoms with E-state index in [0.29, 0.717) is 105 Å². The van der Waals surface area contributed by atoms with E-state index < -0.39 is 5.60 Å². The van der Waals surface area contributed by atoms with Gasteiger partial charge in [-0.3, -0.25) is 9.59 Å². The lowest BCUT2D eigenvalue weighted by Crippen LogP contribution is -2.24. The van der Waals surface area contributed by atoms with Gasteiger partial charge in [0.25, 0.3) is 0 Å². The molecule has 0 aliphatic carbocycles. The van der Waals surface area contributed by atoms with E-state index in [4.69, 9.17) is 42.6 Å². The van der Waals surface area contributed by atoms with Crippen molar-refractivity contribution in [1.82, 2.24) is 0 Å². The number of benzene rings is 1. The van der Waals surface area contributed by atoms with Crippen LogP contribution in [0.5, 0.6) is 5.75 Å². The van der Waals surface area contributed by atoms with E-state index in [-0.39, 0.29) is 18.3 Å². The molecular weight excluding hydrogens is 538 g/mol. The van der Waals surface area contributed by atoms with Gasteiger partial charge in [0, 0.05) is 12.6 Å². The highest BCUT2D eigenvalue weighted by Gasteiger charge is 2.15. The number of hydrogen-bond donors (Lipinski definition) is 1. The third-order valence-electron chi connectivity index (χ3n) is 4.77. The minimum atomic E-state index is -0.474. The topological polar surface area (TPSA) is 129 Å². The summed E-state index contributed by atoms with van der Waals surface area (Å²) in [5, 5.41) is 2.70. The van der Waals surface area contributed by atoms with Gasteiger partial charge in [0.1, 0.15) is 18.0 Å². The lowest BCUT2D eigenvalue weighted by molar-refractivity contribution is -0.156. The van der Waals surface area contributed by atoms with Gasteiger partial charge in [0.15, 0.2) is 0 Å². The van der Waals surface area contributed by atoms with Crippen molar-refractivity contribution in [2.75, 3.05) is 104 Å². The first-order chi connectivity index (χ1) is 19.8. The molecule has 0 aliphatic rings. The van der Waals surface area contributed by atoms with Gasteiger partial charge in [-0.05, 0) is 45.0 Å². The fourth-order valence-corrected chi connectivity index (χ4v) is 3.03. The molecule has 0 radical (unpaired) electrons. The van der Waals surface area contributed by atoms with Crippen LogP contribution in [0.1, 0.15) is 34.1 Å². The summed E-state index contributed by atoms with van der Waals surface area (Å²) in [5.41, 5.74) is 0.255. The summed E-state index contributed by atoms with van der Waals surface area (Å²) in [5.74, 6) is 0.337. The van der Waals surface area contributed by atoms with Crippen molar-refractivity contribution in [3.63, 3.8) is 0 Å². The number of amides is 1. The molecule has 0 aliphatic heterocycles. The van der Waals surface area contributed by atoms with Gasteiger partial charge in [-0.1, -0.05) is 0 Å². The van der Waals surface area contributed by atoms with E-state index in [0.717, 1.165) is 5.69 Å². The standard InChI is InChI=1S/C29H49NO11/c1-25(31)30-26-5-7-27(8-6-26)40-24-23-39-22-21-38-20-19-37-18-17-36-16-15-35-14-13-34-12-11-33-10-9-28(32)41-29(2,3)4/h5-8H,9-24H2,1-4H3,(H,30,31). The molecule has 0 bridgehead atoms. The molecule has 1 aromatic carbocycles. The minimum Gasteiger partial charge on any atom is -0.491 e. The van der Waals surface area contributed by atoms with Gasteiger partial charge in [-0.2, -0.15) is 0 Å². The second kappa shape index (κ2) is 24.3. The van der Waals surface area contributed by atoms with Crippen LogP contribution in [-0.4, -0.2) is 117 Å². The van der Waals surface area contributed by atoms with E-state index in [1.54, 1.807) is 24.3 Å². The summed E-state index contributed by atoms with van der Waals surface area (Å²) in [6.45, 7) is 13.8. The first kappa shape index (κ1) is 36.7. The molecule has 12 heteroatoms. The third kappa shape index (κ3) is 25.1. The van der Waals surface area contributed by atoms with Gasteiger partial charge in [-0.15, -0.1) is 0 Å². The van der Waals surface area contributed by atoms with Crippen LogP contribution in [0.4, 0.5) is 5.69 Å². The molecule has 0 unspecified atom stereocenters. The van der Waals surface area contributed by atoms with Gasteiger partial charge >= 0.3 is 5.97 Å². The first-order valence-corrected chi connectivity index (χ1v) is 14.0. The molecule has 1 N–H and O–H groups in total. The molecule has 0 atom stereocenters. The van der Waals surface area contributed by atoms with Crippen molar-refractivity contribution in [3.05, 3.63) is 24.3 Å². The maximum atomic E-state index is 11.5. The summed E-state index contributed by atoms with van der Waals surface area (Å²) < 4.78 is 48.8. The molecule has 12 nitrogen and oxygen atoms in total. The number of carbonyl (C=O) groups is 2. The number of anilines is 1. The highest BCUT2D eigenvalue weighted by molar-refractivity contribution is 5.88.